The number of hydrogen-bond donors (Lipinski definition) is 1. The van der Waals surface area contributed by atoms with Crippen molar-refractivity contribution in [1.29, 1.82) is 0 Å². The molecule has 0 saturated carbocycles. The van der Waals surface area contributed by atoms with E-state index in [2.05, 4.69) is 0 Å². The topological polar surface area (TPSA) is 65.1 Å². The van der Waals surface area contributed by atoms with Crippen LogP contribution in [-0.2, 0) is 0 Å². The summed E-state index contributed by atoms with van der Waals surface area (Å²) in [7, 11) is 0. The summed E-state index contributed by atoms with van der Waals surface area (Å²) >= 11 is 5.90. The van der Waals surface area contributed by atoms with E-state index < -0.39 is 11.5 Å². The van der Waals surface area contributed by atoms with Crippen molar-refractivity contribution < 1.29 is 4.79 Å². The molecule has 0 radical (unpaired) electrons. The summed E-state index contributed by atoms with van der Waals surface area (Å²) in [6.07, 6.45) is 1.47. The molecule has 5 heteroatoms. The predicted octanol–water partition coefficient (Wildman–Crippen LogP) is 1.90. The molecular formula is C13H11ClN2O2. The molecule has 4 nitrogen and oxygen atoms in total. The van der Waals surface area contributed by atoms with Gasteiger partial charge in [0.25, 0.3) is 11.5 Å². The van der Waals surface area contributed by atoms with Crippen LogP contribution in [0.25, 0.3) is 5.69 Å². The number of nitrogens with two attached hydrogens (primary N) is 1. The van der Waals surface area contributed by atoms with E-state index >= 15 is 0 Å². The fraction of sp³-hybridized carbons (Fsp3) is 0.0769. The molecule has 1 heterocycles. The lowest BCUT2D eigenvalue weighted by Crippen LogP contribution is -2.28. The van der Waals surface area contributed by atoms with Crippen molar-refractivity contribution in [1.82, 2.24) is 4.57 Å². The van der Waals surface area contributed by atoms with E-state index in [-0.39, 0.29) is 10.6 Å². The lowest BCUT2D eigenvalue weighted by molar-refractivity contribution is 0.0998. The highest BCUT2D eigenvalue weighted by molar-refractivity contribution is 6.30. The summed E-state index contributed by atoms with van der Waals surface area (Å²) in [5.74, 6) is -0.787. The number of aryl methyl sites for hydroxylation is 1. The Bertz CT molecular complexity index is 677. The number of para-hydroxylation sites is 1. The van der Waals surface area contributed by atoms with E-state index in [1.807, 2.05) is 19.1 Å². The van der Waals surface area contributed by atoms with Crippen LogP contribution in [0.1, 0.15) is 15.9 Å². The minimum atomic E-state index is -0.787. The third-order valence-electron chi connectivity index (χ3n) is 2.62. The number of hydrogen-bond acceptors (Lipinski definition) is 2. The molecule has 0 aliphatic carbocycles. The Kier molecular flexibility index (Phi) is 3.21. The fourth-order valence-corrected chi connectivity index (χ4v) is 1.94. The smallest absolute Gasteiger partial charge is 0.268 e. The highest BCUT2D eigenvalue weighted by Crippen LogP contribution is 2.15. The van der Waals surface area contributed by atoms with Gasteiger partial charge in [0, 0.05) is 6.20 Å². The lowest BCUT2D eigenvalue weighted by atomic mass is 10.2. The number of aromatic nitrogens is 1. The van der Waals surface area contributed by atoms with Gasteiger partial charge in [-0.2, -0.15) is 0 Å². The molecule has 1 aromatic heterocycles. The van der Waals surface area contributed by atoms with E-state index in [9.17, 15) is 9.59 Å². The predicted molar refractivity (Wildman–Crippen MR) is 70.3 cm³/mol. The summed E-state index contributed by atoms with van der Waals surface area (Å²) in [4.78, 5) is 23.3. The Morgan fingerprint density at radius 2 is 2.00 bits per heavy atom. The normalized spacial score (nSPS) is 10.3. The van der Waals surface area contributed by atoms with Crippen LogP contribution in [0.4, 0.5) is 0 Å². The maximum atomic E-state index is 12.1. The van der Waals surface area contributed by atoms with Gasteiger partial charge in [-0.15, -0.1) is 0 Å². The summed E-state index contributed by atoms with van der Waals surface area (Å²) in [6, 6.07) is 8.59. The van der Waals surface area contributed by atoms with E-state index in [1.54, 1.807) is 12.1 Å². The number of halogens is 1. The second-order valence-electron chi connectivity index (χ2n) is 3.90. The van der Waals surface area contributed by atoms with Crippen LogP contribution in [0.15, 0.2) is 41.3 Å². The van der Waals surface area contributed by atoms with Gasteiger partial charge in [0.2, 0.25) is 0 Å². The minimum absolute atomic E-state index is 0.120. The van der Waals surface area contributed by atoms with Gasteiger partial charge < -0.3 is 5.73 Å². The average Bonchev–Trinajstić information content (AvgIpc) is 2.32. The number of primary amides is 1. The van der Waals surface area contributed by atoms with Crippen molar-refractivity contribution in [2.24, 2.45) is 5.73 Å². The zero-order valence-corrected chi connectivity index (χ0v) is 10.4. The monoisotopic (exact) mass is 262 g/mol. The molecule has 0 fully saturated rings. The third kappa shape index (κ3) is 2.15. The SMILES string of the molecule is Cc1ccccc1-n1cc(Cl)cc(C(N)=O)c1=O. The molecule has 92 valence electrons. The molecule has 2 N–H and O–H groups in total. The largest absolute Gasteiger partial charge is 0.365 e. The van der Waals surface area contributed by atoms with E-state index in [0.29, 0.717) is 5.69 Å². The number of amides is 1. The summed E-state index contributed by atoms with van der Waals surface area (Å²) in [5, 5.41) is 0.284. The molecular weight excluding hydrogens is 252 g/mol. The fourth-order valence-electron chi connectivity index (χ4n) is 1.74. The Hall–Kier alpha value is -2.07. The van der Waals surface area contributed by atoms with Gasteiger partial charge in [0.15, 0.2) is 0 Å². The van der Waals surface area contributed by atoms with Crippen molar-refractivity contribution in [2.75, 3.05) is 0 Å². The molecule has 0 atom stereocenters. The molecule has 0 aliphatic heterocycles. The van der Waals surface area contributed by atoms with Gasteiger partial charge in [0.05, 0.1) is 10.7 Å². The molecule has 0 unspecified atom stereocenters. The Labute approximate surface area is 109 Å². The maximum absolute atomic E-state index is 12.1. The maximum Gasteiger partial charge on any atom is 0.268 e. The van der Waals surface area contributed by atoms with Crippen LogP contribution in [0, 0.1) is 6.92 Å². The number of pyridine rings is 1. The van der Waals surface area contributed by atoms with Crippen LogP contribution in [0.5, 0.6) is 0 Å². The molecule has 1 aromatic carbocycles. The average molecular weight is 263 g/mol. The molecule has 18 heavy (non-hydrogen) atoms. The van der Waals surface area contributed by atoms with Crippen molar-refractivity contribution in [3.05, 3.63) is 63.0 Å². The minimum Gasteiger partial charge on any atom is -0.365 e. The zero-order chi connectivity index (χ0) is 13.3. The van der Waals surface area contributed by atoms with Crippen molar-refractivity contribution in [2.45, 2.75) is 6.92 Å². The van der Waals surface area contributed by atoms with E-state index in [1.165, 1.54) is 16.8 Å². The lowest BCUT2D eigenvalue weighted by Gasteiger charge is -2.10. The van der Waals surface area contributed by atoms with E-state index in [0.717, 1.165) is 5.56 Å². The third-order valence-corrected chi connectivity index (χ3v) is 2.83. The Balaban J connectivity index is 2.77. The van der Waals surface area contributed by atoms with Gasteiger partial charge in [-0.1, -0.05) is 29.8 Å². The Morgan fingerprint density at radius 3 is 2.61 bits per heavy atom. The van der Waals surface area contributed by atoms with Crippen molar-refractivity contribution in [3.8, 4) is 5.69 Å². The quantitative estimate of drug-likeness (QED) is 0.898. The summed E-state index contributed by atoms with van der Waals surface area (Å²) in [6.45, 7) is 1.87. The number of carbonyl (C=O) groups is 1. The van der Waals surface area contributed by atoms with Crippen LogP contribution in [0.3, 0.4) is 0 Å². The number of nitrogens with zero attached hydrogens (tertiary/aromatic N) is 1. The first-order valence-electron chi connectivity index (χ1n) is 5.28. The number of benzene rings is 1. The molecule has 0 saturated heterocycles. The van der Waals surface area contributed by atoms with Crippen LogP contribution < -0.4 is 11.3 Å². The highest BCUT2D eigenvalue weighted by Gasteiger charge is 2.12. The molecule has 2 rings (SSSR count). The molecule has 2 aromatic rings. The second kappa shape index (κ2) is 4.66. The first-order chi connectivity index (χ1) is 8.50. The Morgan fingerprint density at radius 1 is 1.33 bits per heavy atom. The first-order valence-corrected chi connectivity index (χ1v) is 5.66. The number of rotatable bonds is 2. The van der Waals surface area contributed by atoms with Gasteiger partial charge in [-0.25, -0.2) is 0 Å². The van der Waals surface area contributed by atoms with Gasteiger partial charge >= 0.3 is 0 Å². The summed E-state index contributed by atoms with van der Waals surface area (Å²) < 4.78 is 1.33. The van der Waals surface area contributed by atoms with Gasteiger partial charge in [-0.05, 0) is 24.6 Å². The van der Waals surface area contributed by atoms with E-state index in [4.69, 9.17) is 17.3 Å². The standard InChI is InChI=1S/C13H11ClN2O2/c1-8-4-2-3-5-11(8)16-7-9(14)6-10(12(15)17)13(16)18/h2-7H,1H3,(H2,15,17). The molecule has 1 amide bonds. The zero-order valence-electron chi connectivity index (χ0n) is 9.68. The van der Waals surface area contributed by atoms with Gasteiger partial charge in [-0.3, -0.25) is 14.2 Å². The van der Waals surface area contributed by atoms with Crippen molar-refractivity contribution in [3.63, 3.8) is 0 Å². The summed E-state index contributed by atoms with van der Waals surface area (Å²) in [5.41, 5.74) is 6.14. The van der Waals surface area contributed by atoms with Crippen LogP contribution >= 0.6 is 11.6 Å². The van der Waals surface area contributed by atoms with Gasteiger partial charge in [0.1, 0.15) is 5.56 Å². The van der Waals surface area contributed by atoms with Crippen LogP contribution in [0.2, 0.25) is 5.02 Å². The van der Waals surface area contributed by atoms with Crippen molar-refractivity contribution >= 4 is 17.5 Å². The molecule has 0 aliphatic rings. The first kappa shape index (κ1) is 12.4. The molecule has 0 spiro atoms. The van der Waals surface area contributed by atoms with Crippen LogP contribution in [-0.4, -0.2) is 10.5 Å². The highest BCUT2D eigenvalue weighted by atomic mass is 35.5. The molecule has 0 bridgehead atoms. The number of carbonyl (C=O) groups excluding carboxylic acids is 1. The second-order valence-corrected chi connectivity index (χ2v) is 4.33.